The van der Waals surface area contributed by atoms with E-state index < -0.39 is 31.0 Å². The molecule has 0 atom stereocenters. The van der Waals surface area contributed by atoms with Crippen molar-refractivity contribution in [3.63, 3.8) is 0 Å². The van der Waals surface area contributed by atoms with Gasteiger partial charge in [-0.15, -0.1) is 0 Å². The number of alkyl halides is 3. The van der Waals surface area contributed by atoms with Gasteiger partial charge >= 0.3 is 12.1 Å². The van der Waals surface area contributed by atoms with E-state index in [4.69, 9.17) is 5.11 Å². The summed E-state index contributed by atoms with van der Waals surface area (Å²) in [5.41, 5.74) is 0.518. The predicted octanol–water partition coefficient (Wildman–Crippen LogP) is 2.35. The first-order valence-electron chi connectivity index (χ1n) is 5.79. The molecule has 1 amide bonds. The molecule has 0 aliphatic heterocycles. The number of halogens is 3. The van der Waals surface area contributed by atoms with E-state index in [-0.39, 0.29) is 16.8 Å². The van der Waals surface area contributed by atoms with Crippen molar-refractivity contribution in [2.24, 2.45) is 0 Å². The summed E-state index contributed by atoms with van der Waals surface area (Å²) >= 11 is 0. The van der Waals surface area contributed by atoms with Crippen molar-refractivity contribution < 1.29 is 27.9 Å². The number of nitrogens with one attached hydrogen (secondary N) is 1. The molecular formula is C12H15F3N2O3. The van der Waals surface area contributed by atoms with Crippen molar-refractivity contribution in [3.8, 4) is 0 Å². The Kier molecular flexibility index (Phi) is 4.46. The minimum atomic E-state index is -4.34. The number of carbonyl (C=O) groups is 2. The summed E-state index contributed by atoms with van der Waals surface area (Å²) in [6, 6.07) is 0. The molecule has 0 spiro atoms. The number of nitrogens with zero attached hydrogens (tertiary/aromatic N) is 1. The molecule has 1 heterocycles. The lowest BCUT2D eigenvalue weighted by Crippen LogP contribution is -2.31. The minimum Gasteiger partial charge on any atom is -0.477 e. The van der Waals surface area contributed by atoms with Gasteiger partial charge < -0.3 is 15.0 Å². The number of amides is 1. The van der Waals surface area contributed by atoms with Crippen molar-refractivity contribution in [2.75, 3.05) is 13.6 Å². The predicted molar refractivity (Wildman–Crippen MR) is 64.9 cm³/mol. The molecule has 0 aliphatic carbocycles. The van der Waals surface area contributed by atoms with E-state index in [1.165, 1.54) is 20.9 Å². The zero-order valence-corrected chi connectivity index (χ0v) is 11.3. The smallest absolute Gasteiger partial charge is 0.390 e. The third-order valence-electron chi connectivity index (χ3n) is 2.94. The second kappa shape index (κ2) is 5.56. The van der Waals surface area contributed by atoms with Gasteiger partial charge in [-0.2, -0.15) is 13.2 Å². The van der Waals surface area contributed by atoms with Crippen LogP contribution in [0.2, 0.25) is 0 Å². The van der Waals surface area contributed by atoms with Crippen molar-refractivity contribution in [1.29, 1.82) is 0 Å². The summed E-state index contributed by atoms with van der Waals surface area (Å²) in [5, 5.41) is 8.93. The van der Waals surface area contributed by atoms with E-state index in [0.717, 1.165) is 4.90 Å². The van der Waals surface area contributed by atoms with Crippen molar-refractivity contribution >= 4 is 11.9 Å². The Morgan fingerprint density at radius 2 is 1.85 bits per heavy atom. The van der Waals surface area contributed by atoms with Gasteiger partial charge in [0.2, 0.25) is 0 Å². The third kappa shape index (κ3) is 3.52. The lowest BCUT2D eigenvalue weighted by Gasteiger charge is -2.18. The van der Waals surface area contributed by atoms with Crippen LogP contribution in [0, 0.1) is 13.8 Å². The Balaban J connectivity index is 2.95. The molecular weight excluding hydrogens is 277 g/mol. The molecule has 0 fully saturated rings. The van der Waals surface area contributed by atoms with Crippen LogP contribution in [0.1, 0.15) is 38.5 Å². The Labute approximate surface area is 113 Å². The van der Waals surface area contributed by atoms with Gasteiger partial charge in [0.1, 0.15) is 5.69 Å². The number of hydrogen-bond acceptors (Lipinski definition) is 2. The summed E-state index contributed by atoms with van der Waals surface area (Å²) in [7, 11) is 1.25. The van der Waals surface area contributed by atoms with Gasteiger partial charge in [-0.3, -0.25) is 4.79 Å². The quantitative estimate of drug-likeness (QED) is 0.894. The number of aromatic nitrogens is 1. The van der Waals surface area contributed by atoms with E-state index in [1.54, 1.807) is 0 Å². The molecule has 0 saturated carbocycles. The molecule has 112 valence electrons. The van der Waals surface area contributed by atoms with Crippen LogP contribution in [-0.2, 0) is 0 Å². The molecule has 1 aromatic heterocycles. The van der Waals surface area contributed by atoms with Gasteiger partial charge in [0.15, 0.2) is 0 Å². The number of hydrogen-bond donors (Lipinski definition) is 2. The Hall–Kier alpha value is -1.99. The highest BCUT2D eigenvalue weighted by Gasteiger charge is 2.29. The number of H-pyrrole nitrogens is 1. The maximum atomic E-state index is 12.1. The van der Waals surface area contributed by atoms with Crippen LogP contribution in [0.3, 0.4) is 0 Å². The highest BCUT2D eigenvalue weighted by Crippen LogP contribution is 2.22. The Morgan fingerprint density at radius 3 is 2.25 bits per heavy atom. The molecule has 20 heavy (non-hydrogen) atoms. The monoisotopic (exact) mass is 292 g/mol. The number of aryl methyl sites for hydroxylation is 1. The van der Waals surface area contributed by atoms with E-state index in [0.29, 0.717) is 5.69 Å². The van der Waals surface area contributed by atoms with Gasteiger partial charge in [-0.1, -0.05) is 0 Å². The minimum absolute atomic E-state index is 0.104. The fraction of sp³-hybridized carbons (Fsp3) is 0.500. The van der Waals surface area contributed by atoms with Crippen LogP contribution in [0.4, 0.5) is 13.2 Å². The van der Waals surface area contributed by atoms with E-state index in [9.17, 15) is 22.8 Å². The largest absolute Gasteiger partial charge is 0.477 e. The number of aromatic amines is 1. The highest BCUT2D eigenvalue weighted by molar-refractivity contribution is 6.00. The zero-order valence-electron chi connectivity index (χ0n) is 11.3. The van der Waals surface area contributed by atoms with E-state index >= 15 is 0 Å². The van der Waals surface area contributed by atoms with E-state index in [1.807, 2.05) is 0 Å². The fourth-order valence-corrected chi connectivity index (χ4v) is 1.87. The molecule has 0 bridgehead atoms. The average Bonchev–Trinajstić information content (AvgIpc) is 2.60. The molecule has 0 radical (unpaired) electrons. The van der Waals surface area contributed by atoms with Gasteiger partial charge in [0, 0.05) is 19.3 Å². The zero-order chi connectivity index (χ0) is 15.7. The molecule has 1 rings (SSSR count). The number of rotatable bonds is 4. The summed E-state index contributed by atoms with van der Waals surface area (Å²) in [5.74, 6) is -1.85. The van der Waals surface area contributed by atoms with Crippen LogP contribution in [0.15, 0.2) is 0 Å². The summed E-state index contributed by atoms with van der Waals surface area (Å²) < 4.78 is 36.4. The molecule has 0 aliphatic rings. The highest BCUT2D eigenvalue weighted by atomic mass is 19.4. The van der Waals surface area contributed by atoms with Crippen LogP contribution >= 0.6 is 0 Å². The van der Waals surface area contributed by atoms with Crippen molar-refractivity contribution in [3.05, 3.63) is 22.5 Å². The number of carboxylic acid groups (broad SMARTS) is 1. The lowest BCUT2D eigenvalue weighted by molar-refractivity contribution is -0.136. The topological polar surface area (TPSA) is 73.4 Å². The summed E-state index contributed by atoms with van der Waals surface area (Å²) in [6.07, 6.45) is -5.45. The molecule has 0 aromatic carbocycles. The number of carbonyl (C=O) groups excluding carboxylic acids is 1. The van der Waals surface area contributed by atoms with Gasteiger partial charge in [0.05, 0.1) is 12.0 Å². The van der Waals surface area contributed by atoms with Gasteiger partial charge in [-0.05, 0) is 19.4 Å². The normalized spacial score (nSPS) is 11.5. The molecule has 8 heteroatoms. The van der Waals surface area contributed by atoms with Crippen molar-refractivity contribution in [1.82, 2.24) is 9.88 Å². The van der Waals surface area contributed by atoms with Crippen LogP contribution < -0.4 is 0 Å². The average molecular weight is 292 g/mol. The van der Waals surface area contributed by atoms with Gasteiger partial charge in [0.25, 0.3) is 5.91 Å². The SMILES string of the molecule is Cc1[nH]c(C(=O)O)c(C)c1C(=O)N(C)CCC(F)(F)F. The first-order valence-corrected chi connectivity index (χ1v) is 5.79. The van der Waals surface area contributed by atoms with Crippen LogP contribution in [0.25, 0.3) is 0 Å². The first kappa shape index (κ1) is 16.1. The van der Waals surface area contributed by atoms with Crippen LogP contribution in [0.5, 0.6) is 0 Å². The summed E-state index contributed by atoms with van der Waals surface area (Å²) in [4.78, 5) is 26.5. The first-order chi connectivity index (χ1) is 9.04. The molecule has 0 unspecified atom stereocenters. The second-order valence-electron chi connectivity index (χ2n) is 4.52. The second-order valence-corrected chi connectivity index (χ2v) is 4.52. The lowest BCUT2D eigenvalue weighted by atomic mass is 10.1. The van der Waals surface area contributed by atoms with Gasteiger partial charge in [-0.25, -0.2) is 4.79 Å². The Bertz CT molecular complexity index is 535. The standard InChI is InChI=1S/C12H15F3N2O3/c1-6-8(7(2)16-9(6)11(19)20)10(18)17(3)5-4-12(13,14)15/h16H,4-5H2,1-3H3,(H,19,20). The van der Waals surface area contributed by atoms with Crippen LogP contribution in [-0.4, -0.2) is 46.6 Å². The molecule has 5 nitrogen and oxygen atoms in total. The molecule has 2 N–H and O–H groups in total. The molecule has 1 aromatic rings. The molecule has 0 saturated heterocycles. The maximum Gasteiger partial charge on any atom is 0.390 e. The number of aromatic carboxylic acids is 1. The fourth-order valence-electron chi connectivity index (χ4n) is 1.87. The Morgan fingerprint density at radius 1 is 1.30 bits per heavy atom. The van der Waals surface area contributed by atoms with Crippen molar-refractivity contribution in [2.45, 2.75) is 26.4 Å². The van der Waals surface area contributed by atoms with E-state index in [2.05, 4.69) is 4.98 Å². The maximum absolute atomic E-state index is 12.1. The number of carboxylic acids is 1. The third-order valence-corrected chi connectivity index (χ3v) is 2.94. The summed E-state index contributed by atoms with van der Waals surface area (Å²) in [6.45, 7) is 2.47.